The number of benzene rings is 1. The molecule has 0 fully saturated rings. The fourth-order valence-corrected chi connectivity index (χ4v) is 2.05. The maximum absolute atomic E-state index is 10.0. The molecule has 1 N–H and O–H groups in total. The zero-order chi connectivity index (χ0) is 12.9. The lowest BCUT2D eigenvalue weighted by atomic mass is 10.0. The highest BCUT2D eigenvalue weighted by atomic mass is 35.5. The van der Waals surface area contributed by atoms with E-state index in [-0.39, 0.29) is 0 Å². The van der Waals surface area contributed by atoms with Crippen LogP contribution < -0.4 is 4.74 Å². The van der Waals surface area contributed by atoms with Crippen LogP contribution in [0.3, 0.4) is 0 Å². The maximum atomic E-state index is 10.0. The molecule has 1 atom stereocenters. The minimum Gasteiger partial charge on any atom is -0.497 e. The highest BCUT2D eigenvalue weighted by molar-refractivity contribution is 6.48. The van der Waals surface area contributed by atoms with Gasteiger partial charge in [-0.3, -0.25) is 0 Å². The summed E-state index contributed by atoms with van der Waals surface area (Å²) in [5.41, 5.74) is 0.656. The van der Waals surface area contributed by atoms with E-state index in [1.165, 1.54) is 0 Å². The third kappa shape index (κ3) is 3.77. The molecule has 0 radical (unpaired) electrons. The van der Waals surface area contributed by atoms with E-state index in [9.17, 15) is 5.11 Å². The number of methoxy groups -OCH3 is 1. The van der Waals surface area contributed by atoms with E-state index in [1.807, 2.05) is 6.07 Å². The topological polar surface area (TPSA) is 29.5 Å². The lowest BCUT2D eigenvalue weighted by Crippen LogP contribution is -2.28. The molecule has 0 aliphatic rings. The van der Waals surface area contributed by atoms with E-state index in [4.69, 9.17) is 27.9 Å². The summed E-state index contributed by atoms with van der Waals surface area (Å²) in [4.78, 5) is 0. The lowest BCUT2D eigenvalue weighted by Gasteiger charge is -2.26. The minimum absolute atomic E-state index is 0.584. The number of ether oxygens (including phenoxy) is 1. The summed E-state index contributed by atoms with van der Waals surface area (Å²) in [5, 5.41) is 10.0. The molecule has 0 aliphatic carbocycles. The monoisotopic (exact) mass is 276 g/mol. The van der Waals surface area contributed by atoms with Crippen LogP contribution in [-0.4, -0.2) is 18.3 Å². The standard InChI is InChI=1S/C13H18Cl2O2/c1-3-4-8-12(16)13(14,15)10-6-5-7-11(9-10)17-2/h5-7,9,12,16H,3-4,8H2,1-2H3. The van der Waals surface area contributed by atoms with Gasteiger partial charge in [0, 0.05) is 0 Å². The normalized spacial score (nSPS) is 13.5. The van der Waals surface area contributed by atoms with Crippen LogP contribution in [0.4, 0.5) is 0 Å². The number of aliphatic hydroxyl groups is 1. The van der Waals surface area contributed by atoms with Crippen LogP contribution in [0.15, 0.2) is 24.3 Å². The Balaban J connectivity index is 2.86. The second-order valence-electron chi connectivity index (χ2n) is 4.01. The summed E-state index contributed by atoms with van der Waals surface area (Å²) in [5.74, 6) is 0.677. The first kappa shape index (κ1) is 14.6. The molecule has 1 unspecified atom stereocenters. The number of unbranched alkanes of at least 4 members (excludes halogenated alkanes) is 1. The van der Waals surface area contributed by atoms with E-state index in [1.54, 1.807) is 25.3 Å². The van der Waals surface area contributed by atoms with Gasteiger partial charge in [0.25, 0.3) is 0 Å². The first-order valence-corrected chi connectivity index (χ1v) is 6.48. The number of alkyl halides is 2. The Morgan fingerprint density at radius 2 is 2.12 bits per heavy atom. The highest BCUT2D eigenvalue weighted by Gasteiger charge is 2.35. The molecule has 0 aromatic heterocycles. The van der Waals surface area contributed by atoms with Crippen molar-refractivity contribution in [3.8, 4) is 5.75 Å². The van der Waals surface area contributed by atoms with E-state index >= 15 is 0 Å². The summed E-state index contributed by atoms with van der Waals surface area (Å²) >= 11 is 12.5. The number of hydrogen-bond acceptors (Lipinski definition) is 2. The Morgan fingerprint density at radius 1 is 1.41 bits per heavy atom. The van der Waals surface area contributed by atoms with Gasteiger partial charge in [0.1, 0.15) is 5.75 Å². The molecule has 2 nitrogen and oxygen atoms in total. The van der Waals surface area contributed by atoms with Crippen molar-refractivity contribution in [3.63, 3.8) is 0 Å². The predicted molar refractivity (Wildman–Crippen MR) is 71.9 cm³/mol. The number of halogens is 2. The molecule has 1 rings (SSSR count). The fraction of sp³-hybridized carbons (Fsp3) is 0.538. The van der Waals surface area contributed by atoms with Crippen LogP contribution in [0.25, 0.3) is 0 Å². The van der Waals surface area contributed by atoms with Crippen molar-refractivity contribution in [2.24, 2.45) is 0 Å². The molecule has 4 heteroatoms. The van der Waals surface area contributed by atoms with Gasteiger partial charge in [-0.05, 0) is 24.1 Å². The molecule has 0 saturated carbocycles. The summed E-state index contributed by atoms with van der Waals surface area (Å²) < 4.78 is 3.82. The van der Waals surface area contributed by atoms with E-state index < -0.39 is 10.4 Å². The van der Waals surface area contributed by atoms with Gasteiger partial charge in [-0.2, -0.15) is 0 Å². The molecule has 0 spiro atoms. The highest BCUT2D eigenvalue weighted by Crippen LogP contribution is 2.40. The molecule has 1 aromatic carbocycles. The number of rotatable bonds is 6. The third-order valence-corrected chi connectivity index (χ3v) is 3.64. The Bertz CT molecular complexity index is 353. The molecule has 17 heavy (non-hydrogen) atoms. The van der Waals surface area contributed by atoms with Gasteiger partial charge < -0.3 is 9.84 Å². The predicted octanol–water partition coefficient (Wildman–Crippen LogP) is 3.88. The fourth-order valence-electron chi connectivity index (χ4n) is 1.60. The number of aliphatic hydroxyl groups excluding tert-OH is 1. The SMILES string of the molecule is CCCCC(O)C(Cl)(Cl)c1cccc(OC)c1. The molecule has 0 bridgehead atoms. The van der Waals surface area contributed by atoms with E-state index in [0.717, 1.165) is 12.8 Å². The van der Waals surface area contributed by atoms with Crippen molar-refractivity contribution in [1.82, 2.24) is 0 Å². The van der Waals surface area contributed by atoms with Crippen LogP contribution in [0.5, 0.6) is 5.75 Å². The molecule has 0 aliphatic heterocycles. The molecule has 0 amide bonds. The summed E-state index contributed by atoms with van der Waals surface area (Å²) in [6.07, 6.45) is 1.70. The first-order valence-electron chi connectivity index (χ1n) is 5.72. The van der Waals surface area contributed by atoms with Gasteiger partial charge >= 0.3 is 0 Å². The zero-order valence-electron chi connectivity index (χ0n) is 10.1. The summed E-state index contributed by atoms with van der Waals surface area (Å²) in [6, 6.07) is 7.15. The Kier molecular flexibility index (Phi) is 5.57. The van der Waals surface area contributed by atoms with Gasteiger partial charge in [-0.15, -0.1) is 0 Å². The van der Waals surface area contributed by atoms with Gasteiger partial charge in [0.15, 0.2) is 4.33 Å². The minimum atomic E-state index is -1.29. The largest absolute Gasteiger partial charge is 0.497 e. The molecular formula is C13H18Cl2O2. The lowest BCUT2D eigenvalue weighted by molar-refractivity contribution is 0.142. The van der Waals surface area contributed by atoms with Crippen molar-refractivity contribution < 1.29 is 9.84 Å². The van der Waals surface area contributed by atoms with Crippen molar-refractivity contribution in [1.29, 1.82) is 0 Å². The summed E-state index contributed by atoms with van der Waals surface area (Å²) in [7, 11) is 1.58. The van der Waals surface area contributed by atoms with Crippen molar-refractivity contribution >= 4 is 23.2 Å². The average molecular weight is 277 g/mol. The summed E-state index contributed by atoms with van der Waals surface area (Å²) in [6.45, 7) is 2.06. The van der Waals surface area contributed by atoms with Crippen molar-refractivity contribution in [2.75, 3.05) is 7.11 Å². The van der Waals surface area contributed by atoms with Crippen LogP contribution in [0.2, 0.25) is 0 Å². The molecule has 0 saturated heterocycles. The van der Waals surface area contributed by atoms with Crippen molar-refractivity contribution in [3.05, 3.63) is 29.8 Å². The van der Waals surface area contributed by atoms with Crippen LogP contribution in [0, 0.1) is 0 Å². The number of hydrogen-bond donors (Lipinski definition) is 1. The Morgan fingerprint density at radius 3 is 2.71 bits per heavy atom. The van der Waals surface area contributed by atoms with Crippen LogP contribution in [0.1, 0.15) is 31.7 Å². The second-order valence-corrected chi connectivity index (χ2v) is 5.40. The van der Waals surface area contributed by atoms with Gasteiger partial charge in [-0.1, -0.05) is 55.1 Å². The van der Waals surface area contributed by atoms with Crippen LogP contribution in [-0.2, 0) is 4.33 Å². The first-order chi connectivity index (χ1) is 8.02. The zero-order valence-corrected chi connectivity index (χ0v) is 11.6. The maximum Gasteiger partial charge on any atom is 0.168 e. The molecular weight excluding hydrogens is 259 g/mol. The Labute approximate surface area is 113 Å². The molecule has 0 heterocycles. The second kappa shape index (κ2) is 6.48. The molecule has 96 valence electrons. The quantitative estimate of drug-likeness (QED) is 0.800. The van der Waals surface area contributed by atoms with E-state index in [0.29, 0.717) is 17.7 Å². The average Bonchev–Trinajstić information content (AvgIpc) is 2.35. The third-order valence-electron chi connectivity index (χ3n) is 2.70. The smallest absolute Gasteiger partial charge is 0.168 e. The van der Waals surface area contributed by atoms with Gasteiger partial charge in [-0.25, -0.2) is 0 Å². The van der Waals surface area contributed by atoms with Gasteiger partial charge in [0.05, 0.1) is 13.2 Å². The molecule has 1 aromatic rings. The van der Waals surface area contributed by atoms with Crippen molar-refractivity contribution in [2.45, 2.75) is 36.6 Å². The van der Waals surface area contributed by atoms with Gasteiger partial charge in [0.2, 0.25) is 0 Å². The Hall–Kier alpha value is -0.440. The van der Waals surface area contributed by atoms with Crippen LogP contribution >= 0.6 is 23.2 Å². The van der Waals surface area contributed by atoms with E-state index in [2.05, 4.69) is 6.92 Å².